The van der Waals surface area contributed by atoms with Crippen LogP contribution in [0.25, 0.3) is 22.4 Å². The molecule has 9 heteroatoms. The van der Waals surface area contributed by atoms with E-state index >= 15 is 0 Å². The van der Waals surface area contributed by atoms with Crippen LogP contribution < -0.4 is 5.32 Å². The third kappa shape index (κ3) is 6.98. The number of carbonyl (C=O) groups is 2. The van der Waals surface area contributed by atoms with E-state index in [1.807, 2.05) is 18.2 Å². The molecule has 1 N–H and O–H groups in total. The number of esters is 1. The molecule has 210 valence electrons. The van der Waals surface area contributed by atoms with Crippen molar-refractivity contribution in [3.8, 4) is 17.5 Å². The minimum atomic E-state index is -0.371. The van der Waals surface area contributed by atoms with Gasteiger partial charge in [-0.1, -0.05) is 30.3 Å². The summed E-state index contributed by atoms with van der Waals surface area (Å²) < 4.78 is 6.84. The molecule has 1 aliphatic rings. The lowest BCUT2D eigenvalue weighted by atomic mass is 10.1. The molecule has 0 bridgehead atoms. The van der Waals surface area contributed by atoms with E-state index in [2.05, 4.69) is 60.8 Å². The maximum atomic E-state index is 12.7. The van der Waals surface area contributed by atoms with Crippen molar-refractivity contribution in [2.24, 2.45) is 0 Å². The lowest BCUT2D eigenvalue weighted by molar-refractivity contribution is -0.140. The number of fused-ring (bicyclic) bond motifs is 1. The number of methoxy groups -OCH3 is 1. The van der Waals surface area contributed by atoms with E-state index in [1.54, 1.807) is 24.3 Å². The van der Waals surface area contributed by atoms with Gasteiger partial charge in [0.2, 0.25) is 0 Å². The average Bonchev–Trinajstić information content (AvgIpc) is 3.38. The molecule has 1 amide bonds. The number of hydrogen-bond donors (Lipinski definition) is 1. The fourth-order valence-corrected chi connectivity index (χ4v) is 5.15. The summed E-state index contributed by atoms with van der Waals surface area (Å²) in [6.45, 7) is 6.85. The molecule has 0 unspecified atom stereocenters. The Bertz CT molecular complexity index is 1530. The third-order valence-corrected chi connectivity index (χ3v) is 7.48. The summed E-state index contributed by atoms with van der Waals surface area (Å²) >= 11 is 0. The first-order valence-electron chi connectivity index (χ1n) is 13.9. The Labute approximate surface area is 240 Å². The Morgan fingerprint density at radius 1 is 0.951 bits per heavy atom. The number of piperazine rings is 1. The number of ether oxygens (including phenoxy) is 1. The quantitative estimate of drug-likeness (QED) is 0.301. The number of benzene rings is 3. The van der Waals surface area contributed by atoms with Gasteiger partial charge in [0.05, 0.1) is 36.2 Å². The topological polar surface area (TPSA) is 103 Å². The molecule has 1 saturated heterocycles. The molecule has 0 radical (unpaired) electrons. The van der Waals surface area contributed by atoms with E-state index in [0.717, 1.165) is 68.2 Å². The van der Waals surface area contributed by atoms with Crippen molar-refractivity contribution in [3.63, 3.8) is 0 Å². The zero-order valence-electron chi connectivity index (χ0n) is 23.3. The molecular formula is C32H34N6O3. The van der Waals surface area contributed by atoms with Crippen LogP contribution in [0.5, 0.6) is 0 Å². The molecule has 0 aliphatic carbocycles. The molecule has 3 aromatic carbocycles. The fraction of sp³-hybridized carbons (Fsp3) is 0.312. The van der Waals surface area contributed by atoms with E-state index in [1.165, 1.54) is 12.7 Å². The molecule has 9 nitrogen and oxygen atoms in total. The van der Waals surface area contributed by atoms with Crippen molar-refractivity contribution in [1.29, 1.82) is 5.26 Å². The lowest BCUT2D eigenvalue weighted by Crippen LogP contribution is -2.46. The van der Waals surface area contributed by atoms with Gasteiger partial charge in [0.15, 0.2) is 0 Å². The van der Waals surface area contributed by atoms with Crippen LogP contribution in [-0.2, 0) is 22.6 Å². The van der Waals surface area contributed by atoms with E-state index in [9.17, 15) is 14.9 Å². The molecule has 1 fully saturated rings. The van der Waals surface area contributed by atoms with Crippen LogP contribution in [0.4, 0.5) is 0 Å². The van der Waals surface area contributed by atoms with Crippen molar-refractivity contribution in [2.45, 2.75) is 19.5 Å². The highest BCUT2D eigenvalue weighted by Crippen LogP contribution is 2.26. The number of nitrogens with one attached hydrogen (secondary N) is 1. The zero-order valence-corrected chi connectivity index (χ0v) is 23.3. The van der Waals surface area contributed by atoms with Crippen molar-refractivity contribution in [3.05, 3.63) is 89.5 Å². The minimum absolute atomic E-state index is 0.114. The van der Waals surface area contributed by atoms with Gasteiger partial charge in [-0.15, -0.1) is 0 Å². The predicted molar refractivity (Wildman–Crippen MR) is 157 cm³/mol. The van der Waals surface area contributed by atoms with Crippen molar-refractivity contribution < 1.29 is 14.3 Å². The molecule has 5 rings (SSSR count). The van der Waals surface area contributed by atoms with Crippen molar-refractivity contribution >= 4 is 22.9 Å². The highest BCUT2D eigenvalue weighted by Gasteiger charge is 2.19. The van der Waals surface area contributed by atoms with Gasteiger partial charge in [0, 0.05) is 63.5 Å². The SMILES string of the molecule is COC(=O)CCNC(=O)c1ccc2c(c1)nc(-c1ccc(C#N)cc1)n2CCN1CCN(Cc2ccccc2)CC1. The number of carbonyl (C=O) groups excluding carboxylic acids is 2. The van der Waals surface area contributed by atoms with Crippen LogP contribution in [0, 0.1) is 11.3 Å². The minimum Gasteiger partial charge on any atom is -0.469 e. The van der Waals surface area contributed by atoms with Gasteiger partial charge >= 0.3 is 5.97 Å². The largest absolute Gasteiger partial charge is 0.469 e. The lowest BCUT2D eigenvalue weighted by Gasteiger charge is -2.34. The van der Waals surface area contributed by atoms with Gasteiger partial charge in [-0.05, 0) is 48.0 Å². The smallest absolute Gasteiger partial charge is 0.307 e. The summed E-state index contributed by atoms with van der Waals surface area (Å²) in [5, 5.41) is 12.0. The van der Waals surface area contributed by atoms with E-state index in [4.69, 9.17) is 4.98 Å². The first kappa shape index (κ1) is 28.0. The maximum absolute atomic E-state index is 12.7. The third-order valence-electron chi connectivity index (χ3n) is 7.48. The van der Waals surface area contributed by atoms with Gasteiger partial charge in [-0.25, -0.2) is 4.98 Å². The molecular weight excluding hydrogens is 516 g/mol. The van der Waals surface area contributed by atoms with E-state index < -0.39 is 0 Å². The second-order valence-corrected chi connectivity index (χ2v) is 10.2. The van der Waals surface area contributed by atoms with Crippen LogP contribution in [0.15, 0.2) is 72.8 Å². The summed E-state index contributed by atoms with van der Waals surface area (Å²) in [5.74, 6) is 0.165. The Morgan fingerprint density at radius 3 is 2.39 bits per heavy atom. The molecule has 1 aliphatic heterocycles. The number of nitrogens with zero attached hydrogens (tertiary/aromatic N) is 5. The molecule has 0 spiro atoms. The molecule has 4 aromatic rings. The summed E-state index contributed by atoms with van der Waals surface area (Å²) in [7, 11) is 1.33. The number of nitriles is 1. The normalized spacial score (nSPS) is 14.0. The monoisotopic (exact) mass is 550 g/mol. The number of hydrogen-bond acceptors (Lipinski definition) is 7. The van der Waals surface area contributed by atoms with Crippen molar-refractivity contribution in [2.75, 3.05) is 46.4 Å². The first-order chi connectivity index (χ1) is 20.0. The van der Waals surface area contributed by atoms with Crippen LogP contribution in [-0.4, -0.2) is 77.6 Å². The van der Waals surface area contributed by atoms with Gasteiger partial charge < -0.3 is 14.6 Å². The molecule has 41 heavy (non-hydrogen) atoms. The maximum Gasteiger partial charge on any atom is 0.307 e. The fourth-order valence-electron chi connectivity index (χ4n) is 5.15. The number of aromatic nitrogens is 2. The van der Waals surface area contributed by atoms with Gasteiger partial charge in [-0.2, -0.15) is 5.26 Å². The number of imidazole rings is 1. The van der Waals surface area contributed by atoms with Crippen LogP contribution in [0.2, 0.25) is 0 Å². The Kier molecular flexibility index (Phi) is 9.04. The molecule has 2 heterocycles. The molecule has 1 aromatic heterocycles. The summed E-state index contributed by atoms with van der Waals surface area (Å²) in [6.07, 6.45) is 0.114. The molecule has 0 saturated carbocycles. The van der Waals surface area contributed by atoms with Gasteiger partial charge in [-0.3, -0.25) is 19.4 Å². The van der Waals surface area contributed by atoms with Gasteiger partial charge in [0.1, 0.15) is 5.82 Å². The highest BCUT2D eigenvalue weighted by molar-refractivity contribution is 5.98. The Morgan fingerprint density at radius 2 is 1.68 bits per heavy atom. The van der Waals surface area contributed by atoms with E-state index in [0.29, 0.717) is 11.1 Å². The summed E-state index contributed by atoms with van der Waals surface area (Å²) in [6, 6.07) is 25.7. The van der Waals surface area contributed by atoms with Crippen LogP contribution in [0.3, 0.4) is 0 Å². The number of rotatable bonds is 10. The Hall–Kier alpha value is -4.52. The van der Waals surface area contributed by atoms with Gasteiger partial charge in [0.25, 0.3) is 5.91 Å². The zero-order chi connectivity index (χ0) is 28.6. The highest BCUT2D eigenvalue weighted by atomic mass is 16.5. The summed E-state index contributed by atoms with van der Waals surface area (Å²) in [4.78, 5) is 34.0. The standard InChI is InChI=1S/C32H34N6O3/c1-41-30(39)13-14-34-32(40)27-11-12-29-28(21-27)35-31(26-9-7-24(22-33)8-10-26)38(29)20-19-36-15-17-37(18-16-36)23-25-5-3-2-4-6-25/h2-12,21H,13-20,23H2,1H3,(H,34,40). The second-order valence-electron chi connectivity index (χ2n) is 10.2. The van der Waals surface area contributed by atoms with Crippen molar-refractivity contribution in [1.82, 2.24) is 24.7 Å². The predicted octanol–water partition coefficient (Wildman–Crippen LogP) is 3.69. The number of amides is 1. The summed E-state index contributed by atoms with van der Waals surface area (Å²) in [5.41, 5.74) is 4.99. The Balaban J connectivity index is 1.31. The van der Waals surface area contributed by atoms with Crippen LogP contribution >= 0.6 is 0 Å². The van der Waals surface area contributed by atoms with E-state index in [-0.39, 0.29) is 24.8 Å². The molecule has 0 atom stereocenters. The average molecular weight is 551 g/mol. The second kappa shape index (κ2) is 13.2. The first-order valence-corrected chi connectivity index (χ1v) is 13.9. The van der Waals surface area contributed by atoms with Crippen LogP contribution in [0.1, 0.15) is 27.9 Å².